The molecule has 1 aromatic carbocycles. The van der Waals surface area contributed by atoms with Gasteiger partial charge >= 0.3 is 0 Å². The van der Waals surface area contributed by atoms with Crippen molar-refractivity contribution in [2.24, 2.45) is 0 Å². The zero-order chi connectivity index (χ0) is 10.1. The van der Waals surface area contributed by atoms with Crippen LogP contribution in [0, 0.1) is 12.7 Å². The van der Waals surface area contributed by atoms with E-state index >= 15 is 0 Å². The maximum absolute atomic E-state index is 12.9. The third-order valence-corrected chi connectivity index (χ3v) is 2.41. The van der Waals surface area contributed by atoms with E-state index in [2.05, 4.69) is 4.98 Å². The van der Waals surface area contributed by atoms with Crippen LogP contribution < -0.4 is 0 Å². The third kappa shape index (κ3) is 1.31. The maximum atomic E-state index is 12.9. The molecule has 0 saturated heterocycles. The minimum atomic E-state index is -0.253. The summed E-state index contributed by atoms with van der Waals surface area (Å²) in [6.07, 6.45) is 1.19. The lowest BCUT2D eigenvalue weighted by Crippen LogP contribution is -1.87. The van der Waals surface area contributed by atoms with Gasteiger partial charge in [-0.25, -0.2) is 4.39 Å². The van der Waals surface area contributed by atoms with E-state index in [0.29, 0.717) is 6.42 Å². The molecule has 0 aliphatic rings. The van der Waals surface area contributed by atoms with E-state index in [1.54, 1.807) is 6.07 Å². The molecule has 0 spiro atoms. The fraction of sp³-hybridized carbons (Fsp3) is 0.182. The summed E-state index contributed by atoms with van der Waals surface area (Å²) < 4.78 is 12.9. The van der Waals surface area contributed by atoms with Crippen LogP contribution in [0.5, 0.6) is 0 Å². The molecule has 0 bridgehead atoms. The zero-order valence-electron chi connectivity index (χ0n) is 7.80. The first kappa shape index (κ1) is 8.94. The lowest BCUT2D eigenvalue weighted by atomic mass is 10.1. The molecule has 0 unspecified atom stereocenters. The molecule has 0 aliphatic carbocycles. The second-order valence-electron chi connectivity index (χ2n) is 3.29. The van der Waals surface area contributed by atoms with Crippen LogP contribution in [-0.2, 0) is 11.2 Å². The molecule has 0 aliphatic heterocycles. The standard InChI is InChI=1S/C11H10FNO/c1-7-9-6-8(12)2-3-11(9)13-10(7)4-5-14/h2-3,5-6,13H,4H2,1H3. The molecule has 2 aromatic rings. The Hall–Kier alpha value is -1.64. The molecule has 2 nitrogen and oxygen atoms in total. The summed E-state index contributed by atoms with van der Waals surface area (Å²) in [4.78, 5) is 13.5. The number of carbonyl (C=O) groups is 1. The number of benzene rings is 1. The SMILES string of the molecule is Cc1c(CC=O)[nH]c2ccc(F)cc12. The summed E-state index contributed by atoms with van der Waals surface area (Å²) in [6, 6.07) is 4.57. The van der Waals surface area contributed by atoms with E-state index < -0.39 is 0 Å². The molecule has 14 heavy (non-hydrogen) atoms. The highest BCUT2D eigenvalue weighted by Crippen LogP contribution is 2.22. The van der Waals surface area contributed by atoms with Gasteiger partial charge in [0.05, 0.1) is 0 Å². The molecule has 1 N–H and O–H groups in total. The van der Waals surface area contributed by atoms with E-state index in [1.807, 2.05) is 6.92 Å². The van der Waals surface area contributed by atoms with Crippen LogP contribution in [-0.4, -0.2) is 11.3 Å². The Labute approximate surface area is 80.7 Å². The largest absolute Gasteiger partial charge is 0.358 e. The molecule has 72 valence electrons. The first-order valence-electron chi connectivity index (χ1n) is 4.42. The molecule has 0 saturated carbocycles. The summed E-state index contributed by atoms with van der Waals surface area (Å²) in [5.41, 5.74) is 2.69. The number of hydrogen-bond acceptors (Lipinski definition) is 1. The minimum absolute atomic E-state index is 0.253. The summed E-state index contributed by atoms with van der Waals surface area (Å²) in [5, 5.41) is 0.849. The number of fused-ring (bicyclic) bond motifs is 1. The molecule has 1 aromatic heterocycles. The van der Waals surface area contributed by atoms with Crippen LogP contribution in [0.4, 0.5) is 4.39 Å². The summed E-state index contributed by atoms with van der Waals surface area (Å²) in [5.74, 6) is -0.253. The normalized spacial score (nSPS) is 10.7. The van der Waals surface area contributed by atoms with Gasteiger partial charge in [-0.1, -0.05) is 0 Å². The first-order valence-corrected chi connectivity index (χ1v) is 4.42. The van der Waals surface area contributed by atoms with Crippen molar-refractivity contribution in [2.75, 3.05) is 0 Å². The van der Waals surface area contributed by atoms with Gasteiger partial charge in [0.1, 0.15) is 12.1 Å². The van der Waals surface area contributed by atoms with E-state index in [-0.39, 0.29) is 5.82 Å². The lowest BCUT2D eigenvalue weighted by molar-refractivity contribution is -0.107. The van der Waals surface area contributed by atoms with Gasteiger partial charge in [-0.15, -0.1) is 0 Å². The molecule has 0 radical (unpaired) electrons. The fourth-order valence-corrected chi connectivity index (χ4v) is 1.64. The van der Waals surface area contributed by atoms with Crippen molar-refractivity contribution >= 4 is 17.2 Å². The van der Waals surface area contributed by atoms with E-state index in [9.17, 15) is 9.18 Å². The van der Waals surface area contributed by atoms with Crippen molar-refractivity contribution in [1.29, 1.82) is 0 Å². The van der Waals surface area contributed by atoms with Crippen molar-refractivity contribution in [1.82, 2.24) is 4.98 Å². The first-order chi connectivity index (χ1) is 6.72. The van der Waals surface area contributed by atoms with E-state index in [1.165, 1.54) is 12.1 Å². The van der Waals surface area contributed by atoms with Gasteiger partial charge < -0.3 is 9.78 Å². The molecule has 1 heterocycles. The molecular weight excluding hydrogens is 181 g/mol. The minimum Gasteiger partial charge on any atom is -0.358 e. The highest BCUT2D eigenvalue weighted by molar-refractivity contribution is 5.85. The Morgan fingerprint density at radius 3 is 3.00 bits per heavy atom. The number of hydrogen-bond donors (Lipinski definition) is 1. The Morgan fingerprint density at radius 2 is 2.29 bits per heavy atom. The van der Waals surface area contributed by atoms with Gasteiger partial charge in [0.15, 0.2) is 0 Å². The van der Waals surface area contributed by atoms with Crippen LogP contribution >= 0.6 is 0 Å². The van der Waals surface area contributed by atoms with Gasteiger partial charge in [-0.05, 0) is 30.7 Å². The van der Waals surface area contributed by atoms with Gasteiger partial charge in [0.2, 0.25) is 0 Å². The molecule has 3 heteroatoms. The Kier molecular flexibility index (Phi) is 2.08. The smallest absolute Gasteiger partial charge is 0.125 e. The highest BCUT2D eigenvalue weighted by atomic mass is 19.1. The number of aromatic amines is 1. The van der Waals surface area contributed by atoms with Crippen molar-refractivity contribution in [3.63, 3.8) is 0 Å². The topological polar surface area (TPSA) is 32.9 Å². The van der Waals surface area contributed by atoms with E-state index in [0.717, 1.165) is 28.4 Å². The summed E-state index contributed by atoms with van der Waals surface area (Å²) in [7, 11) is 0. The highest BCUT2D eigenvalue weighted by Gasteiger charge is 2.07. The van der Waals surface area contributed by atoms with Crippen molar-refractivity contribution in [3.05, 3.63) is 35.3 Å². The maximum Gasteiger partial charge on any atom is 0.125 e. The molecule has 0 amide bonds. The van der Waals surface area contributed by atoms with Crippen LogP contribution in [0.25, 0.3) is 10.9 Å². The second-order valence-corrected chi connectivity index (χ2v) is 3.29. The van der Waals surface area contributed by atoms with Gasteiger partial charge in [-0.3, -0.25) is 0 Å². The number of halogens is 1. The van der Waals surface area contributed by atoms with Gasteiger partial charge in [0.25, 0.3) is 0 Å². The molecule has 2 rings (SSSR count). The summed E-state index contributed by atoms with van der Waals surface area (Å²) in [6.45, 7) is 1.89. The molecule has 0 atom stereocenters. The number of H-pyrrole nitrogens is 1. The summed E-state index contributed by atoms with van der Waals surface area (Å²) >= 11 is 0. The number of nitrogens with one attached hydrogen (secondary N) is 1. The van der Waals surface area contributed by atoms with Crippen LogP contribution in [0.3, 0.4) is 0 Å². The lowest BCUT2D eigenvalue weighted by Gasteiger charge is -1.92. The molecular formula is C11H10FNO. The van der Waals surface area contributed by atoms with Crippen LogP contribution in [0.1, 0.15) is 11.3 Å². The van der Waals surface area contributed by atoms with Crippen molar-refractivity contribution in [2.45, 2.75) is 13.3 Å². The Bertz CT molecular complexity index is 487. The number of carbonyl (C=O) groups excluding carboxylic acids is 1. The second kappa shape index (κ2) is 3.25. The zero-order valence-corrected chi connectivity index (χ0v) is 7.80. The van der Waals surface area contributed by atoms with Crippen LogP contribution in [0.2, 0.25) is 0 Å². The quantitative estimate of drug-likeness (QED) is 0.726. The number of aryl methyl sites for hydroxylation is 1. The average Bonchev–Trinajstić information content (AvgIpc) is 2.46. The molecule has 0 fully saturated rings. The van der Waals surface area contributed by atoms with Crippen molar-refractivity contribution in [3.8, 4) is 0 Å². The van der Waals surface area contributed by atoms with Gasteiger partial charge in [0, 0.05) is 23.0 Å². The van der Waals surface area contributed by atoms with E-state index in [4.69, 9.17) is 0 Å². The monoisotopic (exact) mass is 191 g/mol. The predicted octanol–water partition coefficient (Wildman–Crippen LogP) is 2.36. The van der Waals surface area contributed by atoms with Crippen molar-refractivity contribution < 1.29 is 9.18 Å². The van der Waals surface area contributed by atoms with Gasteiger partial charge in [-0.2, -0.15) is 0 Å². The Balaban J connectivity index is 2.67. The van der Waals surface area contributed by atoms with Crippen LogP contribution in [0.15, 0.2) is 18.2 Å². The predicted molar refractivity (Wildman–Crippen MR) is 52.8 cm³/mol. The number of rotatable bonds is 2. The number of aldehydes is 1. The third-order valence-electron chi connectivity index (χ3n) is 2.41. The Morgan fingerprint density at radius 1 is 1.50 bits per heavy atom. The average molecular weight is 191 g/mol. The fourth-order valence-electron chi connectivity index (χ4n) is 1.64. The number of aromatic nitrogens is 1.